The van der Waals surface area contributed by atoms with Gasteiger partial charge in [0.25, 0.3) is 0 Å². The van der Waals surface area contributed by atoms with E-state index in [1.165, 1.54) is 12.8 Å². The summed E-state index contributed by atoms with van der Waals surface area (Å²) in [5, 5.41) is 16.9. The van der Waals surface area contributed by atoms with Crippen molar-refractivity contribution in [1.29, 1.82) is 0 Å². The molecule has 6 heteroatoms. The lowest BCUT2D eigenvalue weighted by Crippen LogP contribution is -2.28. The van der Waals surface area contributed by atoms with E-state index in [-0.39, 0.29) is 0 Å². The predicted octanol–water partition coefficient (Wildman–Crippen LogP) is 1.88. The molecule has 1 heterocycles. The molecule has 1 aliphatic rings. The highest BCUT2D eigenvalue weighted by atomic mass is 32.2. The molecule has 1 aliphatic carbocycles. The summed E-state index contributed by atoms with van der Waals surface area (Å²) in [6, 6.07) is 1.11. The molecular formula is C11H21N5S. The Bertz CT molecular complexity index is 349. The van der Waals surface area contributed by atoms with E-state index >= 15 is 0 Å². The molecule has 1 N–H and O–H groups in total. The van der Waals surface area contributed by atoms with Crippen LogP contribution in [0.1, 0.15) is 46.1 Å². The number of thioether (sulfide) groups is 1. The standard InChI is InChI=1S/C11H21N5S/c1-4-12-8(2)7-9(3)17-11-13-14-15-16(11)10-5-6-10/h8-10,12H,4-7H2,1-3H3. The Morgan fingerprint density at radius 1 is 1.47 bits per heavy atom. The van der Waals surface area contributed by atoms with E-state index in [1.54, 1.807) is 11.8 Å². The van der Waals surface area contributed by atoms with Crippen LogP contribution < -0.4 is 5.32 Å². The molecule has 2 rings (SSSR count). The van der Waals surface area contributed by atoms with Crippen molar-refractivity contribution in [3.8, 4) is 0 Å². The maximum Gasteiger partial charge on any atom is 0.209 e. The van der Waals surface area contributed by atoms with Gasteiger partial charge in [-0.3, -0.25) is 0 Å². The maximum absolute atomic E-state index is 4.12. The third-order valence-electron chi connectivity index (χ3n) is 2.90. The maximum atomic E-state index is 4.12. The number of rotatable bonds is 7. The highest BCUT2D eigenvalue weighted by Crippen LogP contribution is 2.37. The molecule has 0 saturated heterocycles. The molecule has 1 fully saturated rings. The van der Waals surface area contributed by atoms with E-state index in [0.717, 1.165) is 18.1 Å². The lowest BCUT2D eigenvalue weighted by Gasteiger charge is -2.16. The van der Waals surface area contributed by atoms with Crippen molar-refractivity contribution in [2.75, 3.05) is 6.54 Å². The molecule has 0 aliphatic heterocycles. The van der Waals surface area contributed by atoms with Gasteiger partial charge in [0.2, 0.25) is 5.16 Å². The number of tetrazole rings is 1. The van der Waals surface area contributed by atoms with Gasteiger partial charge in [-0.05, 0) is 43.2 Å². The molecule has 1 aromatic heterocycles. The first-order chi connectivity index (χ1) is 8.20. The number of hydrogen-bond acceptors (Lipinski definition) is 5. The first-order valence-corrected chi connectivity index (χ1v) is 7.26. The van der Waals surface area contributed by atoms with Gasteiger partial charge in [0.1, 0.15) is 0 Å². The van der Waals surface area contributed by atoms with Crippen LogP contribution in [-0.2, 0) is 0 Å². The van der Waals surface area contributed by atoms with Gasteiger partial charge in [-0.2, -0.15) is 0 Å². The van der Waals surface area contributed by atoms with Gasteiger partial charge in [0.05, 0.1) is 6.04 Å². The van der Waals surface area contributed by atoms with Crippen LogP contribution >= 0.6 is 11.8 Å². The SMILES string of the molecule is CCNC(C)CC(C)Sc1nnnn1C1CC1. The fourth-order valence-electron chi connectivity index (χ4n) is 1.97. The molecule has 0 bridgehead atoms. The van der Waals surface area contributed by atoms with Gasteiger partial charge >= 0.3 is 0 Å². The molecule has 1 aromatic rings. The Balaban J connectivity index is 1.84. The van der Waals surface area contributed by atoms with Gasteiger partial charge in [-0.15, -0.1) is 5.10 Å². The molecule has 0 aromatic carbocycles. The Hall–Kier alpha value is -0.620. The van der Waals surface area contributed by atoms with Crippen LogP contribution in [0.2, 0.25) is 0 Å². The number of aromatic nitrogens is 4. The Morgan fingerprint density at radius 2 is 2.24 bits per heavy atom. The van der Waals surface area contributed by atoms with E-state index in [1.807, 2.05) is 4.68 Å². The van der Waals surface area contributed by atoms with Crippen molar-refractivity contribution < 1.29 is 0 Å². The summed E-state index contributed by atoms with van der Waals surface area (Å²) in [5.74, 6) is 0. The van der Waals surface area contributed by atoms with Gasteiger partial charge in [0.15, 0.2) is 0 Å². The Labute approximate surface area is 107 Å². The van der Waals surface area contributed by atoms with Crippen LogP contribution in [0, 0.1) is 0 Å². The van der Waals surface area contributed by atoms with E-state index in [9.17, 15) is 0 Å². The topological polar surface area (TPSA) is 55.6 Å². The molecule has 5 nitrogen and oxygen atoms in total. The predicted molar refractivity (Wildman–Crippen MR) is 69.2 cm³/mol. The molecule has 0 spiro atoms. The zero-order valence-electron chi connectivity index (χ0n) is 10.8. The molecular weight excluding hydrogens is 234 g/mol. The van der Waals surface area contributed by atoms with Gasteiger partial charge < -0.3 is 5.32 Å². The van der Waals surface area contributed by atoms with Gasteiger partial charge in [0, 0.05) is 11.3 Å². The lowest BCUT2D eigenvalue weighted by molar-refractivity contribution is 0.527. The minimum atomic E-state index is 0.535. The quantitative estimate of drug-likeness (QED) is 0.754. The van der Waals surface area contributed by atoms with Crippen molar-refractivity contribution in [3.63, 3.8) is 0 Å². The second kappa shape index (κ2) is 5.82. The minimum Gasteiger partial charge on any atom is -0.314 e. The van der Waals surface area contributed by atoms with E-state index < -0.39 is 0 Å². The number of nitrogens with zero attached hydrogens (tertiary/aromatic N) is 4. The normalized spacial score (nSPS) is 19.2. The summed E-state index contributed by atoms with van der Waals surface area (Å²) in [6.07, 6.45) is 3.58. The summed E-state index contributed by atoms with van der Waals surface area (Å²) < 4.78 is 1.99. The van der Waals surface area contributed by atoms with E-state index in [2.05, 4.69) is 41.6 Å². The molecule has 2 atom stereocenters. The Kier molecular flexibility index (Phi) is 4.39. The zero-order chi connectivity index (χ0) is 12.3. The fourth-order valence-corrected chi connectivity index (χ4v) is 3.09. The van der Waals surface area contributed by atoms with Crippen LogP contribution in [0.25, 0.3) is 0 Å². The summed E-state index contributed by atoms with van der Waals surface area (Å²) in [7, 11) is 0. The summed E-state index contributed by atoms with van der Waals surface area (Å²) >= 11 is 1.79. The second-order valence-corrected chi connectivity index (χ2v) is 6.17. The average Bonchev–Trinajstić information content (AvgIpc) is 3.00. The first-order valence-electron chi connectivity index (χ1n) is 6.38. The largest absolute Gasteiger partial charge is 0.314 e. The third-order valence-corrected chi connectivity index (χ3v) is 3.97. The summed E-state index contributed by atoms with van der Waals surface area (Å²) in [5.41, 5.74) is 0. The van der Waals surface area contributed by atoms with Crippen molar-refractivity contribution in [1.82, 2.24) is 25.5 Å². The highest BCUT2D eigenvalue weighted by molar-refractivity contribution is 7.99. The van der Waals surface area contributed by atoms with Crippen molar-refractivity contribution in [2.24, 2.45) is 0 Å². The van der Waals surface area contributed by atoms with E-state index in [4.69, 9.17) is 0 Å². The molecule has 2 unspecified atom stereocenters. The monoisotopic (exact) mass is 255 g/mol. The van der Waals surface area contributed by atoms with Crippen LogP contribution in [-0.4, -0.2) is 38.0 Å². The van der Waals surface area contributed by atoms with Crippen molar-refractivity contribution >= 4 is 11.8 Å². The molecule has 0 amide bonds. The molecule has 1 saturated carbocycles. The Morgan fingerprint density at radius 3 is 2.88 bits per heavy atom. The average molecular weight is 255 g/mol. The van der Waals surface area contributed by atoms with Crippen molar-refractivity contribution in [3.05, 3.63) is 0 Å². The molecule has 17 heavy (non-hydrogen) atoms. The minimum absolute atomic E-state index is 0.535. The van der Waals surface area contributed by atoms with Gasteiger partial charge in [-0.1, -0.05) is 25.6 Å². The van der Waals surface area contributed by atoms with Crippen LogP contribution in [0.5, 0.6) is 0 Å². The summed E-state index contributed by atoms with van der Waals surface area (Å²) in [6.45, 7) is 7.63. The fraction of sp³-hybridized carbons (Fsp3) is 0.909. The number of nitrogens with one attached hydrogen (secondary N) is 1. The molecule has 96 valence electrons. The smallest absolute Gasteiger partial charge is 0.209 e. The van der Waals surface area contributed by atoms with Crippen molar-refractivity contribution in [2.45, 2.75) is 62.5 Å². The molecule has 0 radical (unpaired) electrons. The van der Waals surface area contributed by atoms with Crippen LogP contribution in [0.15, 0.2) is 5.16 Å². The van der Waals surface area contributed by atoms with E-state index in [0.29, 0.717) is 17.3 Å². The third kappa shape index (κ3) is 3.67. The lowest BCUT2D eigenvalue weighted by atomic mass is 10.2. The van der Waals surface area contributed by atoms with Crippen LogP contribution in [0.3, 0.4) is 0 Å². The number of hydrogen-bond donors (Lipinski definition) is 1. The highest BCUT2D eigenvalue weighted by Gasteiger charge is 2.28. The second-order valence-electron chi connectivity index (χ2n) is 4.76. The van der Waals surface area contributed by atoms with Crippen LogP contribution in [0.4, 0.5) is 0 Å². The summed E-state index contributed by atoms with van der Waals surface area (Å²) in [4.78, 5) is 0. The zero-order valence-corrected chi connectivity index (χ0v) is 11.6. The van der Waals surface area contributed by atoms with Gasteiger partial charge in [-0.25, -0.2) is 4.68 Å². The first kappa shape index (κ1) is 12.8.